The Balaban J connectivity index is 1.99. The van der Waals surface area contributed by atoms with Gasteiger partial charge in [-0.05, 0) is 62.9 Å². The van der Waals surface area contributed by atoms with Crippen molar-refractivity contribution in [1.29, 1.82) is 0 Å². The highest BCUT2D eigenvalue weighted by Gasteiger charge is 2.20. The molecule has 2 N–H and O–H groups in total. The van der Waals surface area contributed by atoms with E-state index < -0.39 is 0 Å². The summed E-state index contributed by atoms with van der Waals surface area (Å²) < 4.78 is 13.4. The first-order valence-corrected chi connectivity index (χ1v) is 10.0. The first-order valence-electron chi connectivity index (χ1n) is 8.62. The van der Waals surface area contributed by atoms with Gasteiger partial charge in [-0.15, -0.1) is 0 Å². The van der Waals surface area contributed by atoms with Gasteiger partial charge >= 0.3 is 0 Å². The number of likely N-dealkylation sites (tertiary alicyclic amines) is 1. The number of likely N-dealkylation sites (N-methyl/N-ethyl adjacent to an activating group) is 1. The summed E-state index contributed by atoms with van der Waals surface area (Å²) >= 11 is 1.70. The van der Waals surface area contributed by atoms with Gasteiger partial charge in [0.2, 0.25) is 0 Å². The molecule has 0 bridgehead atoms. The molecule has 24 heavy (non-hydrogen) atoms. The van der Waals surface area contributed by atoms with E-state index >= 15 is 0 Å². The molecule has 1 saturated heterocycles. The Bertz CT molecular complexity index is 550. The molecule has 0 amide bonds. The summed E-state index contributed by atoms with van der Waals surface area (Å²) in [5.74, 6) is 1.46. The van der Waals surface area contributed by atoms with E-state index in [4.69, 9.17) is 0 Å². The Morgan fingerprint density at radius 2 is 2.21 bits per heavy atom. The zero-order chi connectivity index (χ0) is 17.4. The van der Waals surface area contributed by atoms with Crippen LogP contribution in [-0.4, -0.2) is 49.8 Å². The molecule has 1 aliphatic rings. The van der Waals surface area contributed by atoms with E-state index in [9.17, 15) is 4.39 Å². The van der Waals surface area contributed by atoms with Crippen molar-refractivity contribution in [3.05, 3.63) is 35.1 Å². The zero-order valence-corrected chi connectivity index (χ0v) is 15.8. The summed E-state index contributed by atoms with van der Waals surface area (Å²) in [6.45, 7) is 5.53. The number of hydrogen-bond acceptors (Lipinski definition) is 3. The van der Waals surface area contributed by atoms with Crippen molar-refractivity contribution in [2.24, 2.45) is 4.99 Å². The first kappa shape index (κ1) is 19.1. The molecule has 2 rings (SSSR count). The molecule has 0 radical (unpaired) electrons. The van der Waals surface area contributed by atoms with Crippen molar-refractivity contribution in [2.45, 2.75) is 38.1 Å². The van der Waals surface area contributed by atoms with Crippen LogP contribution in [0.2, 0.25) is 0 Å². The number of halogens is 1. The molecule has 6 heteroatoms. The Morgan fingerprint density at radius 1 is 1.38 bits per heavy atom. The first-order chi connectivity index (χ1) is 11.6. The van der Waals surface area contributed by atoms with Crippen molar-refractivity contribution >= 4 is 17.7 Å². The van der Waals surface area contributed by atoms with E-state index in [1.807, 2.05) is 12.3 Å². The Labute approximate surface area is 149 Å². The van der Waals surface area contributed by atoms with Crippen LogP contribution in [-0.2, 0) is 12.3 Å². The van der Waals surface area contributed by atoms with Gasteiger partial charge in [0.05, 0.1) is 6.54 Å². The molecule has 0 spiro atoms. The minimum Gasteiger partial charge on any atom is -0.357 e. The fraction of sp³-hybridized carbons (Fsp3) is 0.611. The molecular formula is C18H29FN4S. The summed E-state index contributed by atoms with van der Waals surface area (Å²) in [4.78, 5) is 7.08. The normalized spacial score (nSPS) is 18.8. The van der Waals surface area contributed by atoms with Crippen LogP contribution in [0.15, 0.2) is 23.2 Å². The highest BCUT2D eigenvalue weighted by atomic mass is 32.2. The number of benzene rings is 1. The second kappa shape index (κ2) is 9.89. The average molecular weight is 353 g/mol. The van der Waals surface area contributed by atoms with Gasteiger partial charge in [-0.25, -0.2) is 9.38 Å². The number of thioether (sulfide) groups is 1. The Morgan fingerprint density at radius 3 is 2.88 bits per heavy atom. The highest BCUT2D eigenvalue weighted by molar-refractivity contribution is 7.97. The van der Waals surface area contributed by atoms with Gasteiger partial charge in [0.1, 0.15) is 5.82 Å². The molecule has 1 aromatic rings. The molecule has 1 fully saturated rings. The van der Waals surface area contributed by atoms with Gasteiger partial charge in [-0.1, -0.05) is 6.07 Å². The third kappa shape index (κ3) is 5.67. The highest BCUT2D eigenvalue weighted by Crippen LogP contribution is 2.17. The Kier molecular flexibility index (Phi) is 7.85. The van der Waals surface area contributed by atoms with Crippen LogP contribution in [0.25, 0.3) is 0 Å². The van der Waals surface area contributed by atoms with Gasteiger partial charge in [0, 0.05) is 24.9 Å². The predicted molar refractivity (Wildman–Crippen MR) is 102 cm³/mol. The number of nitrogens with one attached hydrogen (secondary N) is 2. The second-order valence-electron chi connectivity index (χ2n) is 6.20. The lowest BCUT2D eigenvalue weighted by Gasteiger charge is -2.21. The Hall–Kier alpha value is -1.27. The SMILES string of the molecule is CCNC(=NCc1ccc(F)cc1CSC)NCC1CCCN1C. The van der Waals surface area contributed by atoms with Crippen LogP contribution >= 0.6 is 11.8 Å². The fourth-order valence-electron chi connectivity index (χ4n) is 3.00. The quantitative estimate of drug-likeness (QED) is 0.585. The molecule has 1 heterocycles. The van der Waals surface area contributed by atoms with Gasteiger partial charge < -0.3 is 15.5 Å². The lowest BCUT2D eigenvalue weighted by Crippen LogP contribution is -2.44. The number of guanidine groups is 1. The van der Waals surface area contributed by atoms with E-state index in [1.54, 1.807) is 17.8 Å². The van der Waals surface area contributed by atoms with Gasteiger partial charge in [-0.2, -0.15) is 11.8 Å². The van der Waals surface area contributed by atoms with Crippen molar-refractivity contribution in [3.63, 3.8) is 0 Å². The summed E-state index contributed by atoms with van der Waals surface area (Å²) in [5.41, 5.74) is 2.11. The standard InChI is InChI=1S/C18H29FN4S/c1-4-20-18(22-12-17-6-5-9-23(17)2)21-11-14-7-8-16(19)10-15(14)13-24-3/h7-8,10,17H,4-6,9,11-13H2,1-3H3,(H2,20,21,22). The lowest BCUT2D eigenvalue weighted by atomic mass is 10.1. The molecule has 1 unspecified atom stereocenters. The topological polar surface area (TPSA) is 39.7 Å². The molecule has 134 valence electrons. The second-order valence-corrected chi connectivity index (χ2v) is 7.06. The number of hydrogen-bond donors (Lipinski definition) is 2. The maximum atomic E-state index is 13.4. The lowest BCUT2D eigenvalue weighted by molar-refractivity contribution is 0.309. The van der Waals surface area contributed by atoms with E-state index in [2.05, 4.69) is 34.5 Å². The summed E-state index contributed by atoms with van der Waals surface area (Å²) in [6.07, 6.45) is 4.53. The van der Waals surface area contributed by atoms with Crippen molar-refractivity contribution < 1.29 is 4.39 Å². The maximum absolute atomic E-state index is 13.4. The third-order valence-electron chi connectivity index (χ3n) is 4.40. The molecular weight excluding hydrogens is 323 g/mol. The number of nitrogens with zero attached hydrogens (tertiary/aromatic N) is 2. The number of aliphatic imine (C=N–C) groups is 1. The van der Waals surface area contributed by atoms with Crippen LogP contribution in [0.1, 0.15) is 30.9 Å². The van der Waals surface area contributed by atoms with Crippen molar-refractivity contribution in [3.8, 4) is 0 Å². The molecule has 1 atom stereocenters. The summed E-state index contributed by atoms with van der Waals surface area (Å²) in [6, 6.07) is 5.56. The molecule has 0 aliphatic carbocycles. The van der Waals surface area contributed by atoms with Gasteiger partial charge in [-0.3, -0.25) is 0 Å². The fourth-order valence-corrected chi connectivity index (χ4v) is 3.58. The van der Waals surface area contributed by atoms with Crippen LogP contribution in [0.4, 0.5) is 4.39 Å². The minimum absolute atomic E-state index is 0.180. The van der Waals surface area contributed by atoms with E-state index in [1.165, 1.54) is 25.5 Å². The molecule has 1 aromatic carbocycles. The van der Waals surface area contributed by atoms with Crippen molar-refractivity contribution in [2.75, 3.05) is 32.9 Å². The van der Waals surface area contributed by atoms with Crippen LogP contribution in [0, 0.1) is 5.82 Å². The van der Waals surface area contributed by atoms with Crippen molar-refractivity contribution in [1.82, 2.24) is 15.5 Å². The maximum Gasteiger partial charge on any atom is 0.191 e. The molecule has 0 saturated carbocycles. The predicted octanol–water partition coefficient (Wildman–Crippen LogP) is 2.84. The minimum atomic E-state index is -0.180. The van der Waals surface area contributed by atoms with Crippen LogP contribution in [0.5, 0.6) is 0 Å². The van der Waals surface area contributed by atoms with Gasteiger partial charge in [0.25, 0.3) is 0 Å². The van der Waals surface area contributed by atoms with E-state index in [-0.39, 0.29) is 5.82 Å². The molecule has 4 nitrogen and oxygen atoms in total. The average Bonchev–Trinajstić information content (AvgIpc) is 2.97. The summed E-state index contributed by atoms with van der Waals surface area (Å²) in [5, 5.41) is 6.74. The third-order valence-corrected chi connectivity index (χ3v) is 5.00. The zero-order valence-electron chi connectivity index (χ0n) is 14.9. The van der Waals surface area contributed by atoms with Crippen LogP contribution in [0.3, 0.4) is 0 Å². The largest absolute Gasteiger partial charge is 0.357 e. The molecule has 0 aromatic heterocycles. The van der Waals surface area contributed by atoms with E-state index in [0.29, 0.717) is 12.6 Å². The van der Waals surface area contributed by atoms with Gasteiger partial charge in [0.15, 0.2) is 5.96 Å². The smallest absolute Gasteiger partial charge is 0.191 e. The van der Waals surface area contributed by atoms with E-state index in [0.717, 1.165) is 35.9 Å². The monoisotopic (exact) mass is 352 g/mol. The number of rotatable bonds is 7. The molecule has 1 aliphatic heterocycles. The van der Waals surface area contributed by atoms with Crippen LogP contribution < -0.4 is 10.6 Å². The summed E-state index contributed by atoms with van der Waals surface area (Å²) in [7, 11) is 2.18.